The summed E-state index contributed by atoms with van der Waals surface area (Å²) in [6, 6.07) is 0.487. The summed E-state index contributed by atoms with van der Waals surface area (Å²) >= 11 is 1.75. The van der Waals surface area contributed by atoms with Crippen LogP contribution in [0.2, 0.25) is 0 Å². The van der Waals surface area contributed by atoms with Gasteiger partial charge in [0.25, 0.3) is 0 Å². The van der Waals surface area contributed by atoms with Gasteiger partial charge in [-0.25, -0.2) is 4.98 Å². The molecule has 0 aliphatic carbocycles. The van der Waals surface area contributed by atoms with Crippen LogP contribution in [-0.2, 0) is 5.54 Å². The molecule has 1 aromatic heterocycles. The quantitative estimate of drug-likeness (QED) is 0.818. The molecule has 16 heavy (non-hydrogen) atoms. The molecular weight excluding hydrogens is 216 g/mol. The number of rotatable bonds is 6. The van der Waals surface area contributed by atoms with Gasteiger partial charge in [0.15, 0.2) is 0 Å². The SMILES string of the molecule is CC(C)CCC(C)(NC(C)C)c1nccs1. The first-order valence-corrected chi connectivity index (χ1v) is 6.99. The highest BCUT2D eigenvalue weighted by Gasteiger charge is 2.29. The third kappa shape index (κ3) is 3.87. The number of aromatic nitrogens is 1. The Bertz CT molecular complexity index is 293. The van der Waals surface area contributed by atoms with Gasteiger partial charge in [0.1, 0.15) is 5.01 Å². The van der Waals surface area contributed by atoms with E-state index in [9.17, 15) is 0 Å². The van der Waals surface area contributed by atoms with Gasteiger partial charge in [0, 0.05) is 17.6 Å². The molecule has 0 saturated heterocycles. The molecule has 1 aromatic rings. The second-order valence-corrected chi connectivity index (χ2v) is 6.30. The Kier molecular flexibility index (Phi) is 4.93. The normalized spacial score (nSPS) is 15.7. The van der Waals surface area contributed by atoms with Crippen molar-refractivity contribution in [1.29, 1.82) is 0 Å². The minimum absolute atomic E-state index is 0.0343. The van der Waals surface area contributed by atoms with E-state index in [0.717, 1.165) is 12.3 Å². The summed E-state index contributed by atoms with van der Waals surface area (Å²) in [7, 11) is 0. The topological polar surface area (TPSA) is 24.9 Å². The van der Waals surface area contributed by atoms with Crippen molar-refractivity contribution < 1.29 is 0 Å². The lowest BCUT2D eigenvalue weighted by Gasteiger charge is -2.32. The average molecular weight is 240 g/mol. The molecule has 1 atom stereocenters. The first-order valence-electron chi connectivity index (χ1n) is 6.11. The number of hydrogen-bond acceptors (Lipinski definition) is 3. The number of nitrogens with one attached hydrogen (secondary N) is 1. The fourth-order valence-electron chi connectivity index (χ4n) is 1.95. The summed E-state index contributed by atoms with van der Waals surface area (Å²) in [5.74, 6) is 0.744. The zero-order valence-corrected chi connectivity index (χ0v) is 11.9. The van der Waals surface area contributed by atoms with Crippen LogP contribution in [0.3, 0.4) is 0 Å². The molecular formula is C13H24N2S. The molecule has 0 aliphatic rings. The molecule has 0 aromatic carbocycles. The van der Waals surface area contributed by atoms with E-state index < -0.39 is 0 Å². The fourth-order valence-corrected chi connectivity index (χ4v) is 2.74. The van der Waals surface area contributed by atoms with E-state index in [1.807, 2.05) is 6.20 Å². The van der Waals surface area contributed by atoms with Crippen LogP contribution in [0.5, 0.6) is 0 Å². The Morgan fingerprint density at radius 3 is 2.50 bits per heavy atom. The van der Waals surface area contributed by atoms with E-state index >= 15 is 0 Å². The van der Waals surface area contributed by atoms with E-state index in [4.69, 9.17) is 0 Å². The number of nitrogens with zero attached hydrogens (tertiary/aromatic N) is 1. The summed E-state index contributed by atoms with van der Waals surface area (Å²) in [5, 5.41) is 6.93. The predicted octanol–water partition coefficient (Wildman–Crippen LogP) is 3.79. The second kappa shape index (κ2) is 5.78. The van der Waals surface area contributed by atoms with E-state index in [1.165, 1.54) is 11.4 Å². The van der Waals surface area contributed by atoms with Gasteiger partial charge >= 0.3 is 0 Å². The molecule has 1 unspecified atom stereocenters. The maximum Gasteiger partial charge on any atom is 0.112 e. The zero-order valence-electron chi connectivity index (χ0n) is 11.1. The Labute approximate surface area is 103 Å². The summed E-state index contributed by atoms with van der Waals surface area (Å²) in [6.45, 7) is 11.2. The maximum atomic E-state index is 4.48. The van der Waals surface area contributed by atoms with Crippen molar-refractivity contribution in [2.24, 2.45) is 5.92 Å². The first kappa shape index (κ1) is 13.7. The molecule has 1 rings (SSSR count). The average Bonchev–Trinajstić information content (AvgIpc) is 2.66. The van der Waals surface area contributed by atoms with Gasteiger partial charge in [-0.05, 0) is 39.5 Å². The van der Waals surface area contributed by atoms with E-state index in [1.54, 1.807) is 11.3 Å². The molecule has 0 radical (unpaired) electrons. The smallest absolute Gasteiger partial charge is 0.112 e. The lowest BCUT2D eigenvalue weighted by atomic mass is 9.91. The highest BCUT2D eigenvalue weighted by Crippen LogP contribution is 2.29. The zero-order chi connectivity index (χ0) is 12.2. The van der Waals surface area contributed by atoms with Gasteiger partial charge in [-0.1, -0.05) is 13.8 Å². The third-order valence-electron chi connectivity index (χ3n) is 2.73. The molecule has 92 valence electrons. The lowest BCUT2D eigenvalue weighted by molar-refractivity contribution is 0.288. The van der Waals surface area contributed by atoms with Gasteiger partial charge in [-0.15, -0.1) is 11.3 Å². The van der Waals surface area contributed by atoms with Crippen molar-refractivity contribution in [2.45, 2.75) is 59.0 Å². The molecule has 0 aliphatic heterocycles. The molecule has 2 nitrogen and oxygen atoms in total. The summed E-state index contributed by atoms with van der Waals surface area (Å²) in [6.07, 6.45) is 4.28. The first-order chi connectivity index (χ1) is 7.44. The van der Waals surface area contributed by atoms with Gasteiger partial charge < -0.3 is 5.32 Å². The Morgan fingerprint density at radius 1 is 1.38 bits per heavy atom. The summed E-state index contributed by atoms with van der Waals surface area (Å²) in [5.41, 5.74) is 0.0343. The minimum atomic E-state index is 0.0343. The van der Waals surface area contributed by atoms with Crippen molar-refractivity contribution in [2.75, 3.05) is 0 Å². The Morgan fingerprint density at radius 2 is 2.06 bits per heavy atom. The van der Waals surface area contributed by atoms with Crippen LogP contribution in [0.4, 0.5) is 0 Å². The largest absolute Gasteiger partial charge is 0.303 e. The van der Waals surface area contributed by atoms with Crippen molar-refractivity contribution in [3.05, 3.63) is 16.6 Å². The van der Waals surface area contributed by atoms with Crippen LogP contribution >= 0.6 is 11.3 Å². The maximum absolute atomic E-state index is 4.48. The van der Waals surface area contributed by atoms with E-state index in [0.29, 0.717) is 6.04 Å². The van der Waals surface area contributed by atoms with Crippen LogP contribution in [0, 0.1) is 5.92 Å². The molecule has 0 bridgehead atoms. The highest BCUT2D eigenvalue weighted by molar-refractivity contribution is 7.09. The number of thiazole rings is 1. The molecule has 0 fully saturated rings. The number of hydrogen-bond donors (Lipinski definition) is 1. The van der Waals surface area contributed by atoms with Gasteiger partial charge in [0.05, 0.1) is 5.54 Å². The molecule has 1 heterocycles. The summed E-state index contributed by atoms with van der Waals surface area (Å²) in [4.78, 5) is 4.48. The van der Waals surface area contributed by atoms with Gasteiger partial charge in [-0.3, -0.25) is 0 Å². The molecule has 3 heteroatoms. The Balaban J connectivity index is 2.76. The third-order valence-corrected chi connectivity index (χ3v) is 3.77. The molecule has 0 saturated carbocycles. The van der Waals surface area contributed by atoms with E-state index in [2.05, 4.69) is 50.3 Å². The Hall–Kier alpha value is -0.410. The van der Waals surface area contributed by atoms with Crippen LogP contribution in [0.15, 0.2) is 11.6 Å². The highest BCUT2D eigenvalue weighted by atomic mass is 32.1. The molecule has 0 spiro atoms. The second-order valence-electron chi connectivity index (χ2n) is 5.40. The minimum Gasteiger partial charge on any atom is -0.303 e. The summed E-state index contributed by atoms with van der Waals surface area (Å²) < 4.78 is 0. The van der Waals surface area contributed by atoms with E-state index in [-0.39, 0.29) is 5.54 Å². The van der Waals surface area contributed by atoms with Crippen LogP contribution in [0.25, 0.3) is 0 Å². The lowest BCUT2D eigenvalue weighted by Crippen LogP contribution is -2.43. The fraction of sp³-hybridized carbons (Fsp3) is 0.769. The van der Waals surface area contributed by atoms with Crippen LogP contribution in [0.1, 0.15) is 52.5 Å². The molecule has 0 amide bonds. The van der Waals surface area contributed by atoms with Crippen LogP contribution < -0.4 is 5.32 Å². The van der Waals surface area contributed by atoms with Gasteiger partial charge in [-0.2, -0.15) is 0 Å². The predicted molar refractivity (Wildman–Crippen MR) is 71.8 cm³/mol. The monoisotopic (exact) mass is 240 g/mol. The standard InChI is InChI=1S/C13H24N2S/c1-10(2)6-7-13(5,15-11(3)4)12-14-8-9-16-12/h8-11,15H,6-7H2,1-5H3. The van der Waals surface area contributed by atoms with Crippen molar-refractivity contribution in [1.82, 2.24) is 10.3 Å². The van der Waals surface area contributed by atoms with Gasteiger partial charge in [0.2, 0.25) is 0 Å². The molecule has 1 N–H and O–H groups in total. The van der Waals surface area contributed by atoms with Crippen molar-refractivity contribution in [3.8, 4) is 0 Å². The van der Waals surface area contributed by atoms with Crippen LogP contribution in [-0.4, -0.2) is 11.0 Å². The van der Waals surface area contributed by atoms with Crippen molar-refractivity contribution >= 4 is 11.3 Å². The van der Waals surface area contributed by atoms with Crippen molar-refractivity contribution in [3.63, 3.8) is 0 Å².